The minimum atomic E-state index is -0.823. The topological polar surface area (TPSA) is 92.0 Å². The van der Waals surface area contributed by atoms with Crippen LogP contribution in [0.15, 0.2) is 81.1 Å². The summed E-state index contributed by atoms with van der Waals surface area (Å²) < 4.78 is 17.7. The Morgan fingerprint density at radius 2 is 1.77 bits per heavy atom. The van der Waals surface area contributed by atoms with Crippen molar-refractivity contribution in [2.45, 2.75) is 13.0 Å². The van der Waals surface area contributed by atoms with Crippen LogP contribution in [0.2, 0.25) is 0 Å². The molecule has 0 amide bonds. The molecule has 1 heterocycles. The molecule has 1 atom stereocenters. The largest absolute Gasteiger partial charge is 0.493 e. The van der Waals surface area contributed by atoms with Gasteiger partial charge in [0.1, 0.15) is 0 Å². The number of benzene rings is 3. The van der Waals surface area contributed by atoms with Gasteiger partial charge >= 0.3 is 5.97 Å². The van der Waals surface area contributed by atoms with E-state index in [1.807, 2.05) is 36.4 Å². The van der Waals surface area contributed by atoms with Crippen molar-refractivity contribution in [3.63, 3.8) is 0 Å². The maximum Gasteiger partial charge on any atom is 0.346 e. The van der Waals surface area contributed by atoms with Crippen LogP contribution in [0, 0.1) is 0 Å². The molecule has 4 aromatic rings. The maximum atomic E-state index is 13.3. The number of hydrogen-bond acceptors (Lipinski definition) is 7. The van der Waals surface area contributed by atoms with Crippen LogP contribution in [-0.2, 0) is 9.53 Å². The van der Waals surface area contributed by atoms with Crippen LogP contribution in [0.25, 0.3) is 22.3 Å². The van der Waals surface area contributed by atoms with Crippen molar-refractivity contribution in [1.82, 2.24) is 9.66 Å². The van der Waals surface area contributed by atoms with E-state index in [2.05, 4.69) is 21.0 Å². The third-order valence-corrected chi connectivity index (χ3v) is 5.90. The molecule has 3 aromatic carbocycles. The van der Waals surface area contributed by atoms with E-state index in [0.29, 0.717) is 38.3 Å². The van der Waals surface area contributed by atoms with Crippen molar-refractivity contribution in [3.05, 3.63) is 87.1 Å². The van der Waals surface area contributed by atoms with Crippen LogP contribution >= 0.6 is 15.9 Å². The summed E-state index contributed by atoms with van der Waals surface area (Å²) in [6, 6.07) is 19.9. The van der Waals surface area contributed by atoms with E-state index in [4.69, 9.17) is 19.2 Å². The molecule has 4 rings (SSSR count). The number of esters is 1. The third kappa shape index (κ3) is 5.09. The third-order valence-electron chi connectivity index (χ3n) is 5.22. The number of hydrogen-bond donors (Lipinski definition) is 0. The van der Waals surface area contributed by atoms with E-state index < -0.39 is 12.1 Å². The van der Waals surface area contributed by atoms with E-state index >= 15 is 0 Å². The van der Waals surface area contributed by atoms with Crippen LogP contribution < -0.4 is 15.0 Å². The second-order valence-corrected chi connectivity index (χ2v) is 8.34. The summed E-state index contributed by atoms with van der Waals surface area (Å²) >= 11 is 3.50. The van der Waals surface area contributed by atoms with Gasteiger partial charge in [-0.3, -0.25) is 4.79 Å². The minimum Gasteiger partial charge on any atom is -0.493 e. The summed E-state index contributed by atoms with van der Waals surface area (Å²) in [5.74, 6) is 0.646. The summed E-state index contributed by atoms with van der Waals surface area (Å²) in [7, 11) is 2.79. The first kappa shape index (κ1) is 24.2. The van der Waals surface area contributed by atoms with Crippen LogP contribution in [-0.4, -0.2) is 42.2 Å². The first-order chi connectivity index (χ1) is 16.9. The van der Waals surface area contributed by atoms with Gasteiger partial charge in [0.2, 0.25) is 0 Å². The predicted molar refractivity (Wildman–Crippen MR) is 137 cm³/mol. The highest BCUT2D eigenvalue weighted by Gasteiger charge is 2.19. The molecule has 0 spiro atoms. The summed E-state index contributed by atoms with van der Waals surface area (Å²) in [4.78, 5) is 29.8. The number of halogens is 1. The fraction of sp³-hybridized carbons (Fsp3) is 0.154. The zero-order valence-corrected chi connectivity index (χ0v) is 20.9. The van der Waals surface area contributed by atoms with Gasteiger partial charge in [0.05, 0.1) is 31.3 Å². The van der Waals surface area contributed by atoms with E-state index in [1.54, 1.807) is 37.3 Å². The van der Waals surface area contributed by atoms with Gasteiger partial charge in [0.15, 0.2) is 23.4 Å². The van der Waals surface area contributed by atoms with Crippen LogP contribution in [0.4, 0.5) is 0 Å². The minimum absolute atomic E-state index is 0.291. The lowest BCUT2D eigenvalue weighted by Gasteiger charge is -2.16. The van der Waals surface area contributed by atoms with Gasteiger partial charge in [0, 0.05) is 15.6 Å². The Hall–Kier alpha value is -3.98. The molecule has 0 unspecified atom stereocenters. The second kappa shape index (κ2) is 10.5. The average molecular weight is 536 g/mol. The molecular formula is C26H22BrN3O5. The number of carbonyl (C=O) groups is 1. The molecule has 35 heavy (non-hydrogen) atoms. The molecule has 0 radical (unpaired) electrons. The molecule has 0 aliphatic heterocycles. The Bertz CT molecular complexity index is 1470. The highest BCUT2D eigenvalue weighted by Crippen LogP contribution is 2.34. The Labute approximate surface area is 209 Å². The van der Waals surface area contributed by atoms with Crippen molar-refractivity contribution in [3.8, 4) is 22.9 Å². The van der Waals surface area contributed by atoms with Crippen molar-refractivity contribution in [2.75, 3.05) is 14.2 Å². The standard InChI is InChI=1S/C26H22BrN3O5/c1-16(26(32)34-3)35-23-14-20(27)18(13-22(23)33-2)15-28-30-24(17-9-5-4-6-10-17)29-21-12-8-7-11-19(21)25(30)31/h4-16H,1-3H3/t16-/m0/s1. The van der Waals surface area contributed by atoms with E-state index in [1.165, 1.54) is 25.1 Å². The molecule has 9 heteroatoms. The highest BCUT2D eigenvalue weighted by atomic mass is 79.9. The molecule has 178 valence electrons. The summed E-state index contributed by atoms with van der Waals surface area (Å²) in [5.41, 5.74) is 1.68. The van der Waals surface area contributed by atoms with Crippen LogP contribution in [0.3, 0.4) is 0 Å². The quantitative estimate of drug-likeness (QED) is 0.252. The molecular weight excluding hydrogens is 514 g/mol. The lowest BCUT2D eigenvalue weighted by Crippen LogP contribution is -2.25. The molecule has 0 N–H and O–H groups in total. The van der Waals surface area contributed by atoms with Crippen molar-refractivity contribution in [2.24, 2.45) is 5.10 Å². The first-order valence-corrected chi connectivity index (χ1v) is 11.5. The van der Waals surface area contributed by atoms with Gasteiger partial charge < -0.3 is 14.2 Å². The van der Waals surface area contributed by atoms with Gasteiger partial charge in [-0.1, -0.05) is 42.5 Å². The van der Waals surface area contributed by atoms with Gasteiger partial charge in [-0.25, -0.2) is 9.78 Å². The smallest absolute Gasteiger partial charge is 0.346 e. The molecule has 1 aromatic heterocycles. The normalized spacial score (nSPS) is 12.0. The zero-order chi connectivity index (χ0) is 24.9. The second-order valence-electron chi connectivity index (χ2n) is 7.49. The van der Waals surface area contributed by atoms with E-state index in [-0.39, 0.29) is 5.56 Å². The summed E-state index contributed by atoms with van der Waals surface area (Å²) in [6.07, 6.45) is 0.709. The molecule has 0 saturated heterocycles. The van der Waals surface area contributed by atoms with Crippen LogP contribution in [0.5, 0.6) is 11.5 Å². The van der Waals surface area contributed by atoms with Crippen LogP contribution in [0.1, 0.15) is 12.5 Å². The Morgan fingerprint density at radius 1 is 1.06 bits per heavy atom. The summed E-state index contributed by atoms with van der Waals surface area (Å²) in [6.45, 7) is 1.58. The Balaban J connectivity index is 1.79. The Morgan fingerprint density at radius 3 is 2.49 bits per heavy atom. The number of rotatable bonds is 7. The van der Waals surface area contributed by atoms with Crippen molar-refractivity contribution in [1.29, 1.82) is 0 Å². The average Bonchev–Trinajstić information content (AvgIpc) is 2.89. The van der Waals surface area contributed by atoms with Crippen molar-refractivity contribution < 1.29 is 19.0 Å². The lowest BCUT2D eigenvalue weighted by molar-refractivity contribution is -0.147. The predicted octanol–water partition coefficient (Wildman–Crippen LogP) is 4.66. The Kier molecular flexibility index (Phi) is 7.26. The molecule has 8 nitrogen and oxygen atoms in total. The molecule has 0 saturated carbocycles. The molecule has 0 aliphatic rings. The lowest BCUT2D eigenvalue weighted by atomic mass is 10.2. The van der Waals surface area contributed by atoms with Crippen molar-refractivity contribution >= 4 is 39.0 Å². The monoisotopic (exact) mass is 535 g/mol. The fourth-order valence-electron chi connectivity index (χ4n) is 3.43. The highest BCUT2D eigenvalue weighted by molar-refractivity contribution is 9.10. The number of fused-ring (bicyclic) bond motifs is 1. The summed E-state index contributed by atoms with van der Waals surface area (Å²) in [5, 5.41) is 4.95. The molecule has 0 fully saturated rings. The van der Waals surface area contributed by atoms with E-state index in [0.717, 1.165) is 5.56 Å². The van der Waals surface area contributed by atoms with Gasteiger partial charge in [-0.2, -0.15) is 9.78 Å². The van der Waals surface area contributed by atoms with Gasteiger partial charge in [-0.15, -0.1) is 0 Å². The number of aromatic nitrogens is 2. The van der Waals surface area contributed by atoms with Gasteiger partial charge in [-0.05, 0) is 47.1 Å². The molecule has 0 aliphatic carbocycles. The SMILES string of the molecule is COC(=O)[C@H](C)Oc1cc(Br)c(C=Nn2c(-c3ccccc3)nc3ccccc3c2=O)cc1OC. The zero-order valence-electron chi connectivity index (χ0n) is 19.3. The number of ether oxygens (including phenoxy) is 3. The number of nitrogens with zero attached hydrogens (tertiary/aromatic N) is 3. The maximum absolute atomic E-state index is 13.3. The number of methoxy groups -OCH3 is 2. The van der Waals surface area contributed by atoms with Gasteiger partial charge in [0.25, 0.3) is 5.56 Å². The number of carbonyl (C=O) groups excluding carboxylic acids is 1. The molecule has 0 bridgehead atoms. The fourth-order valence-corrected chi connectivity index (χ4v) is 3.86. The van der Waals surface area contributed by atoms with E-state index in [9.17, 15) is 9.59 Å². The number of para-hydroxylation sites is 1. The first-order valence-electron chi connectivity index (χ1n) is 10.7.